The van der Waals surface area contributed by atoms with Gasteiger partial charge in [0.05, 0.1) is 5.69 Å². The van der Waals surface area contributed by atoms with Crippen molar-refractivity contribution in [2.24, 2.45) is 4.40 Å². The second-order valence-corrected chi connectivity index (χ2v) is 5.38. The molecule has 1 aliphatic heterocycles. The first-order valence-corrected chi connectivity index (χ1v) is 6.23. The Bertz CT molecular complexity index is 518. The van der Waals surface area contributed by atoms with Gasteiger partial charge in [-0.05, 0) is 17.5 Å². The third kappa shape index (κ3) is 1.67. The van der Waals surface area contributed by atoms with Gasteiger partial charge in [0.1, 0.15) is 4.90 Å². The van der Waals surface area contributed by atoms with E-state index in [4.69, 9.17) is 0 Å². The molecule has 0 N–H and O–H groups in total. The van der Waals surface area contributed by atoms with Crippen LogP contribution in [0, 0.1) is 0 Å². The Morgan fingerprint density at radius 2 is 2.13 bits per heavy atom. The monoisotopic (exact) mass is 224 g/mol. The molecule has 1 aliphatic rings. The molecule has 4 nitrogen and oxygen atoms in total. The number of sulfonamides is 1. The molecule has 2 rings (SSSR count). The lowest BCUT2D eigenvalue weighted by Gasteiger charge is -2.15. The van der Waals surface area contributed by atoms with Crippen LogP contribution >= 0.6 is 0 Å². The van der Waals surface area contributed by atoms with E-state index in [0.717, 1.165) is 5.56 Å². The highest BCUT2D eigenvalue weighted by molar-refractivity contribution is 7.90. The molecule has 0 fully saturated rings. The van der Waals surface area contributed by atoms with Crippen LogP contribution < -0.4 is 0 Å². The molecule has 1 aromatic rings. The van der Waals surface area contributed by atoms with Gasteiger partial charge in [0.15, 0.2) is 0 Å². The van der Waals surface area contributed by atoms with Crippen LogP contribution in [0.5, 0.6) is 0 Å². The van der Waals surface area contributed by atoms with E-state index in [1.54, 1.807) is 12.3 Å². The third-order valence-corrected chi connectivity index (χ3v) is 3.76. The van der Waals surface area contributed by atoms with Gasteiger partial charge in [0.2, 0.25) is 0 Å². The molecular formula is C10H12N2O2S. The fourth-order valence-electron chi connectivity index (χ4n) is 1.66. The van der Waals surface area contributed by atoms with Crippen LogP contribution in [-0.2, 0) is 16.4 Å². The zero-order chi connectivity index (χ0) is 11.1. The number of aromatic nitrogens is 1. The highest BCUT2D eigenvalue weighted by atomic mass is 32.2. The van der Waals surface area contributed by atoms with Crippen LogP contribution in [0.2, 0.25) is 0 Å². The Labute approximate surface area is 89.1 Å². The van der Waals surface area contributed by atoms with E-state index in [1.807, 2.05) is 13.8 Å². The van der Waals surface area contributed by atoms with Crippen molar-refractivity contribution in [1.82, 2.24) is 4.98 Å². The summed E-state index contributed by atoms with van der Waals surface area (Å²) in [6.45, 7) is 3.85. The summed E-state index contributed by atoms with van der Waals surface area (Å²) in [5.74, 6) is 0.0861. The molecular weight excluding hydrogens is 212 g/mol. The van der Waals surface area contributed by atoms with Gasteiger partial charge in [0.25, 0.3) is 10.0 Å². The van der Waals surface area contributed by atoms with Gasteiger partial charge in [-0.15, -0.1) is 0 Å². The molecule has 5 heteroatoms. The fourth-order valence-corrected chi connectivity index (χ4v) is 3.07. The zero-order valence-electron chi connectivity index (χ0n) is 8.64. The predicted molar refractivity (Wildman–Crippen MR) is 57.7 cm³/mol. The highest BCUT2D eigenvalue weighted by Gasteiger charge is 2.26. The quantitative estimate of drug-likeness (QED) is 0.726. The Balaban J connectivity index is 2.76. The van der Waals surface area contributed by atoms with Gasteiger partial charge in [0, 0.05) is 18.8 Å². The molecule has 0 atom stereocenters. The largest absolute Gasteiger partial charge is 0.284 e. The smallest absolute Gasteiger partial charge is 0.260 e. The molecule has 0 spiro atoms. The summed E-state index contributed by atoms with van der Waals surface area (Å²) in [5, 5.41) is 0. The number of fused-ring (bicyclic) bond motifs is 1. The van der Waals surface area contributed by atoms with Crippen LogP contribution in [0.1, 0.15) is 31.0 Å². The lowest BCUT2D eigenvalue weighted by Crippen LogP contribution is -2.14. The summed E-state index contributed by atoms with van der Waals surface area (Å²) in [7, 11) is -3.51. The molecule has 0 radical (unpaired) electrons. The lowest BCUT2D eigenvalue weighted by atomic mass is 10.1. The van der Waals surface area contributed by atoms with Gasteiger partial charge >= 0.3 is 0 Å². The van der Waals surface area contributed by atoms with E-state index < -0.39 is 10.0 Å². The van der Waals surface area contributed by atoms with E-state index in [9.17, 15) is 8.42 Å². The minimum Gasteiger partial charge on any atom is -0.260 e. The van der Waals surface area contributed by atoms with Crippen LogP contribution in [0.25, 0.3) is 0 Å². The van der Waals surface area contributed by atoms with Crippen LogP contribution in [0.3, 0.4) is 0 Å². The third-order valence-electron chi connectivity index (χ3n) is 2.34. The van der Waals surface area contributed by atoms with Crippen LogP contribution in [-0.4, -0.2) is 19.6 Å². The van der Waals surface area contributed by atoms with Gasteiger partial charge in [-0.25, -0.2) is 0 Å². The molecule has 0 aromatic carbocycles. The average molecular weight is 224 g/mol. The molecule has 0 bridgehead atoms. The summed E-state index contributed by atoms with van der Waals surface area (Å²) in [5.41, 5.74) is 1.41. The maximum atomic E-state index is 11.8. The molecule has 80 valence electrons. The normalized spacial score (nSPS) is 17.8. The van der Waals surface area contributed by atoms with E-state index >= 15 is 0 Å². The molecule has 1 aromatic heterocycles. The summed E-state index contributed by atoms with van der Waals surface area (Å²) in [6.07, 6.45) is 3.65. The summed E-state index contributed by atoms with van der Waals surface area (Å²) < 4.78 is 27.1. The van der Waals surface area contributed by atoms with Gasteiger partial charge < -0.3 is 0 Å². The number of rotatable bonds is 1. The lowest BCUT2D eigenvalue weighted by molar-refractivity contribution is 0.592. The van der Waals surface area contributed by atoms with Crippen molar-refractivity contribution in [2.75, 3.05) is 0 Å². The van der Waals surface area contributed by atoms with Crippen molar-refractivity contribution in [3.05, 3.63) is 23.5 Å². The first-order valence-electron chi connectivity index (χ1n) is 4.79. The number of pyridine rings is 1. The summed E-state index contributed by atoms with van der Waals surface area (Å²) in [6, 6.07) is 1.74. The van der Waals surface area contributed by atoms with Gasteiger partial charge in [-0.1, -0.05) is 13.8 Å². The Morgan fingerprint density at radius 1 is 1.40 bits per heavy atom. The first-order chi connectivity index (χ1) is 7.02. The minimum atomic E-state index is -3.51. The van der Waals surface area contributed by atoms with Crippen molar-refractivity contribution in [1.29, 1.82) is 0 Å². The highest BCUT2D eigenvalue weighted by Crippen LogP contribution is 2.28. The van der Waals surface area contributed by atoms with E-state index in [2.05, 4.69) is 9.38 Å². The molecule has 0 unspecified atom stereocenters. The standard InChI is InChI=1S/C10H12N2O2S/c1-7(2)9-10-8(3-5-11-9)4-6-12-15(10,13)14/h3,5-7H,4H2,1-2H3. The molecule has 0 aliphatic carbocycles. The Morgan fingerprint density at radius 3 is 2.80 bits per heavy atom. The van der Waals surface area contributed by atoms with E-state index in [1.165, 1.54) is 6.21 Å². The SMILES string of the molecule is CC(C)c1nccc2c1S(=O)(=O)N=CC2. The number of hydrogen-bond donors (Lipinski definition) is 0. The van der Waals surface area contributed by atoms with Gasteiger partial charge in [-0.2, -0.15) is 12.8 Å². The second-order valence-electron chi connectivity index (χ2n) is 3.81. The van der Waals surface area contributed by atoms with Crippen LogP contribution in [0.4, 0.5) is 0 Å². The number of hydrogen-bond acceptors (Lipinski definition) is 3. The maximum Gasteiger partial charge on any atom is 0.284 e. The van der Waals surface area contributed by atoms with E-state index in [-0.39, 0.29) is 5.92 Å². The first kappa shape index (κ1) is 10.3. The topological polar surface area (TPSA) is 59.4 Å². The van der Waals surface area contributed by atoms with Gasteiger partial charge in [-0.3, -0.25) is 4.98 Å². The Hall–Kier alpha value is -1.23. The van der Waals surface area contributed by atoms with Crippen molar-refractivity contribution >= 4 is 16.2 Å². The molecule has 0 amide bonds. The van der Waals surface area contributed by atoms with Crippen molar-refractivity contribution < 1.29 is 8.42 Å². The zero-order valence-corrected chi connectivity index (χ0v) is 9.45. The van der Waals surface area contributed by atoms with Crippen molar-refractivity contribution in [3.8, 4) is 0 Å². The average Bonchev–Trinajstić information content (AvgIpc) is 2.16. The maximum absolute atomic E-state index is 11.8. The van der Waals surface area contributed by atoms with Crippen molar-refractivity contribution in [3.63, 3.8) is 0 Å². The van der Waals surface area contributed by atoms with Crippen LogP contribution in [0.15, 0.2) is 21.6 Å². The molecule has 15 heavy (non-hydrogen) atoms. The van der Waals surface area contributed by atoms with Crippen molar-refractivity contribution in [2.45, 2.75) is 31.1 Å². The summed E-state index contributed by atoms with van der Waals surface area (Å²) >= 11 is 0. The minimum absolute atomic E-state index is 0.0861. The second kappa shape index (κ2) is 3.41. The molecule has 0 saturated carbocycles. The fraction of sp³-hybridized carbons (Fsp3) is 0.400. The Kier molecular flexibility index (Phi) is 2.34. The molecule has 0 saturated heterocycles. The number of nitrogens with zero attached hydrogens (tertiary/aromatic N) is 2. The predicted octanol–water partition coefficient (Wildman–Crippen LogP) is 1.52. The van der Waals surface area contributed by atoms with E-state index in [0.29, 0.717) is 17.0 Å². The molecule has 2 heterocycles. The summed E-state index contributed by atoms with van der Waals surface area (Å²) in [4.78, 5) is 4.44.